The maximum absolute atomic E-state index is 12.0. The molecule has 5 heteroatoms. The first-order valence-corrected chi connectivity index (χ1v) is 8.28. The lowest BCUT2D eigenvalue weighted by Crippen LogP contribution is -2.11. The monoisotopic (exact) mass is 401 g/mol. The van der Waals surface area contributed by atoms with Crippen LogP contribution in [0.1, 0.15) is 37.3 Å². The molecule has 0 bridgehead atoms. The van der Waals surface area contributed by atoms with Gasteiger partial charge >= 0.3 is 0 Å². The number of aromatic amines is 1. The van der Waals surface area contributed by atoms with Crippen LogP contribution in [0.4, 0.5) is 0 Å². The number of nitrogens with one attached hydrogen (secondary N) is 1. The molecule has 0 atom stereocenters. The lowest BCUT2D eigenvalue weighted by molar-refractivity contribution is 0.468. The van der Waals surface area contributed by atoms with E-state index in [1.165, 1.54) is 0 Å². The molecular weight excluding hydrogens is 386 g/mol. The van der Waals surface area contributed by atoms with Crippen LogP contribution in [0.15, 0.2) is 19.8 Å². The van der Waals surface area contributed by atoms with Gasteiger partial charge in [0.05, 0.1) is 14.5 Å². The van der Waals surface area contributed by atoms with Gasteiger partial charge in [0.15, 0.2) is 0 Å². The second-order valence-corrected chi connectivity index (χ2v) is 6.61. The van der Waals surface area contributed by atoms with Crippen LogP contribution in [0.25, 0.3) is 10.9 Å². The molecule has 1 aromatic carbocycles. The van der Waals surface area contributed by atoms with Crippen molar-refractivity contribution >= 4 is 42.8 Å². The van der Waals surface area contributed by atoms with Crippen LogP contribution in [0.2, 0.25) is 0 Å². The molecule has 1 heterocycles. The van der Waals surface area contributed by atoms with Crippen molar-refractivity contribution in [3.8, 4) is 5.75 Å². The first-order valence-electron chi connectivity index (χ1n) is 6.69. The smallest absolute Gasteiger partial charge is 0.263 e. The van der Waals surface area contributed by atoms with Gasteiger partial charge in [-0.25, -0.2) is 0 Å². The average Bonchev–Trinajstić information content (AvgIpc) is 2.42. The van der Waals surface area contributed by atoms with Crippen molar-refractivity contribution in [1.29, 1.82) is 0 Å². The highest BCUT2D eigenvalue weighted by molar-refractivity contribution is 9.10. The summed E-state index contributed by atoms with van der Waals surface area (Å²) < 4.78 is 1.25. The summed E-state index contributed by atoms with van der Waals surface area (Å²) in [6.45, 7) is 3.96. The molecule has 2 aromatic rings. The van der Waals surface area contributed by atoms with Crippen molar-refractivity contribution in [2.45, 2.75) is 39.5 Å². The predicted molar refractivity (Wildman–Crippen MR) is 89.6 cm³/mol. The summed E-state index contributed by atoms with van der Waals surface area (Å²) in [6.07, 6.45) is 4.18. The number of unbranched alkanes of at least 4 members (excludes halogenated alkanes) is 2. The molecule has 0 fully saturated rings. The second kappa shape index (κ2) is 6.31. The van der Waals surface area contributed by atoms with Gasteiger partial charge in [0.1, 0.15) is 5.75 Å². The molecule has 1 aromatic heterocycles. The number of pyridine rings is 1. The molecule has 0 spiro atoms. The number of phenolic OH excluding ortho intramolecular Hbond substituents is 1. The van der Waals surface area contributed by atoms with Crippen LogP contribution in [0.3, 0.4) is 0 Å². The van der Waals surface area contributed by atoms with Gasteiger partial charge in [0, 0.05) is 10.9 Å². The van der Waals surface area contributed by atoms with Crippen molar-refractivity contribution in [2.24, 2.45) is 0 Å². The standard InChI is InChI=1S/C15H17Br2NO2/c1-3-4-5-6-9-10-7-11(16)14(19)8(2)13(10)18-15(20)12(9)17/h7,19H,3-6H2,1-2H3,(H,18,20). The zero-order valence-corrected chi connectivity index (χ0v) is 14.7. The number of halogens is 2. The zero-order valence-electron chi connectivity index (χ0n) is 11.5. The van der Waals surface area contributed by atoms with Gasteiger partial charge in [-0.05, 0) is 63.3 Å². The summed E-state index contributed by atoms with van der Waals surface area (Å²) in [5.74, 6) is 0.176. The van der Waals surface area contributed by atoms with Gasteiger partial charge in [-0.3, -0.25) is 4.79 Å². The number of fused-ring (bicyclic) bond motifs is 1. The predicted octanol–water partition coefficient (Wildman–Crippen LogP) is 4.80. The van der Waals surface area contributed by atoms with Crippen LogP contribution in [-0.4, -0.2) is 10.1 Å². The number of aromatic nitrogens is 1. The topological polar surface area (TPSA) is 53.1 Å². The average molecular weight is 403 g/mol. The SMILES string of the molecule is CCCCCc1c(Br)c(=O)[nH]c2c(C)c(O)c(Br)cc12. The molecule has 2 rings (SSSR count). The number of phenols is 1. The Kier molecular flexibility index (Phi) is 4.91. The molecule has 0 unspecified atom stereocenters. The minimum absolute atomic E-state index is 0.145. The van der Waals surface area contributed by atoms with E-state index in [-0.39, 0.29) is 11.3 Å². The first kappa shape index (κ1) is 15.6. The summed E-state index contributed by atoms with van der Waals surface area (Å²) in [6, 6.07) is 1.87. The van der Waals surface area contributed by atoms with Gasteiger partial charge in [0.25, 0.3) is 5.56 Å². The Hall–Kier alpha value is -0.810. The van der Waals surface area contributed by atoms with Gasteiger partial charge in [-0.2, -0.15) is 0 Å². The molecule has 0 saturated heterocycles. The Morgan fingerprint density at radius 1 is 1.30 bits per heavy atom. The minimum Gasteiger partial charge on any atom is -0.506 e. The van der Waals surface area contributed by atoms with Crippen molar-refractivity contribution in [3.05, 3.63) is 36.5 Å². The highest BCUT2D eigenvalue weighted by Gasteiger charge is 2.15. The van der Waals surface area contributed by atoms with Crippen molar-refractivity contribution in [3.63, 3.8) is 0 Å². The molecule has 0 aliphatic carbocycles. The van der Waals surface area contributed by atoms with Crippen LogP contribution in [0, 0.1) is 6.92 Å². The van der Waals surface area contributed by atoms with Gasteiger partial charge in [-0.1, -0.05) is 19.8 Å². The molecule has 0 saturated carbocycles. The van der Waals surface area contributed by atoms with E-state index in [9.17, 15) is 9.90 Å². The fourth-order valence-corrected chi connectivity index (χ4v) is 3.42. The Morgan fingerprint density at radius 2 is 2.00 bits per heavy atom. The molecule has 2 N–H and O–H groups in total. The molecule has 0 amide bonds. The first-order chi connectivity index (χ1) is 9.47. The fourth-order valence-electron chi connectivity index (χ4n) is 2.39. The molecule has 0 radical (unpaired) electrons. The van der Waals surface area contributed by atoms with Crippen molar-refractivity contribution < 1.29 is 5.11 Å². The third-order valence-electron chi connectivity index (χ3n) is 3.56. The molecule has 0 aliphatic rings. The number of benzene rings is 1. The highest BCUT2D eigenvalue weighted by Crippen LogP contribution is 2.35. The molecule has 0 aliphatic heterocycles. The number of H-pyrrole nitrogens is 1. The van der Waals surface area contributed by atoms with Crippen molar-refractivity contribution in [1.82, 2.24) is 4.98 Å². The van der Waals surface area contributed by atoms with Crippen LogP contribution < -0.4 is 5.56 Å². The lowest BCUT2D eigenvalue weighted by atomic mass is 10.0. The summed E-state index contributed by atoms with van der Waals surface area (Å²) in [4.78, 5) is 14.9. The Morgan fingerprint density at radius 3 is 2.65 bits per heavy atom. The van der Waals surface area contributed by atoms with E-state index in [0.29, 0.717) is 20.0 Å². The Bertz CT molecular complexity index is 707. The van der Waals surface area contributed by atoms with Gasteiger partial charge in [-0.15, -0.1) is 0 Å². The largest absolute Gasteiger partial charge is 0.506 e. The van der Waals surface area contributed by atoms with Crippen LogP contribution in [0.5, 0.6) is 5.75 Å². The maximum atomic E-state index is 12.0. The normalized spacial score (nSPS) is 11.2. The maximum Gasteiger partial charge on any atom is 0.263 e. The summed E-state index contributed by atoms with van der Waals surface area (Å²) >= 11 is 6.77. The highest BCUT2D eigenvalue weighted by atomic mass is 79.9. The van der Waals surface area contributed by atoms with E-state index in [1.54, 1.807) is 0 Å². The fraction of sp³-hybridized carbons (Fsp3) is 0.400. The zero-order chi connectivity index (χ0) is 14.9. The third kappa shape index (κ3) is 2.79. The van der Waals surface area contributed by atoms with E-state index in [1.807, 2.05) is 13.0 Å². The number of aryl methyl sites for hydroxylation is 2. The Balaban J connectivity index is 2.70. The molecular formula is C15H17Br2NO2. The lowest BCUT2D eigenvalue weighted by Gasteiger charge is -2.12. The quantitative estimate of drug-likeness (QED) is 0.721. The second-order valence-electron chi connectivity index (χ2n) is 4.96. The number of rotatable bonds is 4. The summed E-state index contributed by atoms with van der Waals surface area (Å²) in [7, 11) is 0. The number of hydrogen-bond donors (Lipinski definition) is 2. The van der Waals surface area contributed by atoms with E-state index in [2.05, 4.69) is 43.8 Å². The van der Waals surface area contributed by atoms with Crippen LogP contribution >= 0.6 is 31.9 Å². The van der Waals surface area contributed by atoms with Crippen molar-refractivity contribution in [2.75, 3.05) is 0 Å². The Labute approximate surface area is 134 Å². The molecule has 20 heavy (non-hydrogen) atoms. The van der Waals surface area contributed by atoms with E-state index >= 15 is 0 Å². The minimum atomic E-state index is -0.145. The van der Waals surface area contributed by atoms with Crippen LogP contribution in [-0.2, 0) is 6.42 Å². The number of aromatic hydroxyl groups is 1. The van der Waals surface area contributed by atoms with Gasteiger partial charge in [0.2, 0.25) is 0 Å². The molecule has 108 valence electrons. The van der Waals surface area contributed by atoms with E-state index < -0.39 is 0 Å². The number of hydrogen-bond acceptors (Lipinski definition) is 2. The van der Waals surface area contributed by atoms with E-state index in [4.69, 9.17) is 0 Å². The molecule has 3 nitrogen and oxygen atoms in total. The van der Waals surface area contributed by atoms with Gasteiger partial charge < -0.3 is 10.1 Å². The summed E-state index contributed by atoms with van der Waals surface area (Å²) in [5, 5.41) is 11.0. The van der Waals surface area contributed by atoms with E-state index in [0.717, 1.165) is 36.6 Å². The summed E-state index contributed by atoms with van der Waals surface area (Å²) in [5.41, 5.74) is 2.27. The third-order valence-corrected chi connectivity index (χ3v) is 5.00.